The summed E-state index contributed by atoms with van der Waals surface area (Å²) in [6.07, 6.45) is 2.06. The Labute approximate surface area is 94.0 Å². The van der Waals surface area contributed by atoms with Crippen molar-refractivity contribution in [2.75, 3.05) is 13.1 Å². The number of nitrogens with one attached hydrogen (secondary N) is 2. The zero-order valence-corrected chi connectivity index (χ0v) is 10.8. The molecule has 3 heteroatoms. The summed E-state index contributed by atoms with van der Waals surface area (Å²) >= 11 is 0. The molecule has 0 aromatic carbocycles. The largest absolute Gasteiger partial charge is 0.350 e. The average Bonchev–Trinajstić information content (AvgIpc) is 2.11. The molecule has 0 bridgehead atoms. The molecule has 0 unspecified atom stereocenters. The quantitative estimate of drug-likeness (QED) is 0.636. The molecule has 0 spiro atoms. The molecule has 0 aliphatic heterocycles. The molecule has 3 nitrogen and oxygen atoms in total. The fraction of sp³-hybridized carbons (Fsp3) is 0.917. The molecule has 0 aromatic heterocycles. The number of amides is 1. The van der Waals surface area contributed by atoms with E-state index in [4.69, 9.17) is 0 Å². The topological polar surface area (TPSA) is 41.1 Å². The molecular weight excluding hydrogens is 188 g/mol. The molecule has 2 N–H and O–H groups in total. The fourth-order valence-electron chi connectivity index (χ4n) is 1.10. The molecule has 0 rings (SSSR count). The third kappa shape index (κ3) is 8.43. The summed E-state index contributed by atoms with van der Waals surface area (Å²) in [4.78, 5) is 11.5. The lowest BCUT2D eigenvalue weighted by atomic mass is 10.0. The van der Waals surface area contributed by atoms with Crippen LogP contribution in [-0.4, -0.2) is 24.5 Å². The van der Waals surface area contributed by atoms with Crippen molar-refractivity contribution in [3.63, 3.8) is 0 Å². The first-order valence-electron chi connectivity index (χ1n) is 5.89. The van der Waals surface area contributed by atoms with Gasteiger partial charge in [0.25, 0.3) is 0 Å². The first-order chi connectivity index (χ1) is 6.87. The van der Waals surface area contributed by atoms with E-state index in [-0.39, 0.29) is 11.4 Å². The van der Waals surface area contributed by atoms with E-state index in [2.05, 4.69) is 31.4 Å². The van der Waals surface area contributed by atoms with Gasteiger partial charge in [0, 0.05) is 5.54 Å². The summed E-state index contributed by atoms with van der Waals surface area (Å²) in [6, 6.07) is 0. The van der Waals surface area contributed by atoms with E-state index in [9.17, 15) is 4.79 Å². The Bertz CT molecular complexity index is 188. The van der Waals surface area contributed by atoms with Crippen LogP contribution in [0.25, 0.3) is 0 Å². The first kappa shape index (κ1) is 14.4. The molecule has 0 atom stereocenters. The van der Waals surface area contributed by atoms with E-state index in [1.54, 1.807) is 0 Å². The van der Waals surface area contributed by atoms with E-state index in [0.29, 0.717) is 12.5 Å². The van der Waals surface area contributed by atoms with Gasteiger partial charge < -0.3 is 10.6 Å². The van der Waals surface area contributed by atoms with Gasteiger partial charge in [-0.2, -0.15) is 0 Å². The maximum atomic E-state index is 11.5. The molecule has 0 aliphatic rings. The van der Waals surface area contributed by atoms with Crippen LogP contribution in [0.4, 0.5) is 0 Å². The van der Waals surface area contributed by atoms with Crippen molar-refractivity contribution in [2.24, 2.45) is 5.92 Å². The standard InChI is InChI=1S/C12H26N2O/c1-6-12(4,5)14-11(15)9-13-8-7-10(2)3/h10,13H,6-9H2,1-5H3,(H,14,15). The number of hydrogen-bond acceptors (Lipinski definition) is 2. The smallest absolute Gasteiger partial charge is 0.234 e. The van der Waals surface area contributed by atoms with Gasteiger partial charge in [0.1, 0.15) is 0 Å². The van der Waals surface area contributed by atoms with Crippen LogP contribution in [-0.2, 0) is 4.79 Å². The van der Waals surface area contributed by atoms with Gasteiger partial charge in [-0.3, -0.25) is 4.79 Å². The molecule has 90 valence electrons. The van der Waals surface area contributed by atoms with Gasteiger partial charge in [0.2, 0.25) is 5.91 Å². The zero-order chi connectivity index (χ0) is 11.9. The van der Waals surface area contributed by atoms with Gasteiger partial charge in [-0.25, -0.2) is 0 Å². The number of carbonyl (C=O) groups excluding carboxylic acids is 1. The summed E-state index contributed by atoms with van der Waals surface area (Å²) in [5.41, 5.74) is -0.0865. The first-order valence-corrected chi connectivity index (χ1v) is 5.89. The second-order valence-corrected chi connectivity index (χ2v) is 5.14. The van der Waals surface area contributed by atoms with Crippen LogP contribution in [0.15, 0.2) is 0 Å². The third-order valence-electron chi connectivity index (χ3n) is 2.55. The molecule has 0 heterocycles. The van der Waals surface area contributed by atoms with Gasteiger partial charge >= 0.3 is 0 Å². The fourth-order valence-corrected chi connectivity index (χ4v) is 1.10. The van der Waals surface area contributed by atoms with Gasteiger partial charge in [-0.05, 0) is 39.2 Å². The maximum Gasteiger partial charge on any atom is 0.234 e. The van der Waals surface area contributed by atoms with Crippen LogP contribution in [0, 0.1) is 5.92 Å². The van der Waals surface area contributed by atoms with E-state index in [0.717, 1.165) is 19.4 Å². The van der Waals surface area contributed by atoms with Crippen LogP contribution in [0.2, 0.25) is 0 Å². The summed E-state index contributed by atoms with van der Waals surface area (Å²) in [6.45, 7) is 11.9. The van der Waals surface area contributed by atoms with Crippen molar-refractivity contribution >= 4 is 5.91 Å². The summed E-state index contributed by atoms with van der Waals surface area (Å²) in [5, 5.41) is 6.14. The highest BCUT2D eigenvalue weighted by Gasteiger charge is 2.16. The molecule has 0 saturated heterocycles. The molecule has 0 saturated carbocycles. The predicted molar refractivity (Wildman–Crippen MR) is 64.8 cm³/mol. The molecule has 0 radical (unpaired) electrons. The Kier molecular flexibility index (Phi) is 6.57. The molecule has 0 fully saturated rings. The third-order valence-corrected chi connectivity index (χ3v) is 2.55. The van der Waals surface area contributed by atoms with Crippen LogP contribution >= 0.6 is 0 Å². The van der Waals surface area contributed by atoms with E-state index in [1.807, 2.05) is 13.8 Å². The number of carbonyl (C=O) groups is 1. The minimum absolute atomic E-state index is 0.0865. The Balaban J connectivity index is 3.58. The van der Waals surface area contributed by atoms with Crippen LogP contribution in [0.5, 0.6) is 0 Å². The van der Waals surface area contributed by atoms with Crippen molar-refractivity contribution in [1.29, 1.82) is 0 Å². The SMILES string of the molecule is CCC(C)(C)NC(=O)CNCCC(C)C. The van der Waals surface area contributed by atoms with Gasteiger partial charge in [0.15, 0.2) is 0 Å². The number of rotatable bonds is 7. The minimum Gasteiger partial charge on any atom is -0.350 e. The van der Waals surface area contributed by atoms with E-state index in [1.165, 1.54) is 0 Å². The Morgan fingerprint density at radius 3 is 2.40 bits per heavy atom. The van der Waals surface area contributed by atoms with Crippen LogP contribution in [0.1, 0.15) is 47.5 Å². The van der Waals surface area contributed by atoms with E-state index >= 15 is 0 Å². The lowest BCUT2D eigenvalue weighted by Gasteiger charge is -2.24. The Morgan fingerprint density at radius 2 is 1.93 bits per heavy atom. The Morgan fingerprint density at radius 1 is 1.33 bits per heavy atom. The molecule has 15 heavy (non-hydrogen) atoms. The lowest BCUT2D eigenvalue weighted by molar-refractivity contribution is -0.121. The molecule has 0 aromatic rings. The van der Waals surface area contributed by atoms with Gasteiger partial charge in [0.05, 0.1) is 6.54 Å². The van der Waals surface area contributed by atoms with Crippen molar-refractivity contribution in [3.05, 3.63) is 0 Å². The molecule has 1 amide bonds. The highest BCUT2D eigenvalue weighted by atomic mass is 16.2. The Hall–Kier alpha value is -0.570. The zero-order valence-electron chi connectivity index (χ0n) is 10.8. The van der Waals surface area contributed by atoms with Gasteiger partial charge in [-0.1, -0.05) is 20.8 Å². The lowest BCUT2D eigenvalue weighted by Crippen LogP contribution is -2.46. The van der Waals surface area contributed by atoms with Crippen LogP contribution < -0.4 is 10.6 Å². The highest BCUT2D eigenvalue weighted by Crippen LogP contribution is 2.05. The number of hydrogen-bond donors (Lipinski definition) is 2. The predicted octanol–water partition coefficient (Wildman–Crippen LogP) is 1.93. The summed E-state index contributed by atoms with van der Waals surface area (Å²) in [5.74, 6) is 0.776. The van der Waals surface area contributed by atoms with Crippen LogP contribution in [0.3, 0.4) is 0 Å². The molecule has 0 aliphatic carbocycles. The maximum absolute atomic E-state index is 11.5. The highest BCUT2D eigenvalue weighted by molar-refractivity contribution is 5.78. The monoisotopic (exact) mass is 214 g/mol. The second-order valence-electron chi connectivity index (χ2n) is 5.14. The van der Waals surface area contributed by atoms with E-state index < -0.39 is 0 Å². The van der Waals surface area contributed by atoms with Crippen molar-refractivity contribution in [2.45, 2.75) is 53.0 Å². The van der Waals surface area contributed by atoms with Crippen molar-refractivity contribution < 1.29 is 4.79 Å². The summed E-state index contributed by atoms with van der Waals surface area (Å²) < 4.78 is 0. The van der Waals surface area contributed by atoms with Crippen molar-refractivity contribution in [3.8, 4) is 0 Å². The second kappa shape index (κ2) is 6.83. The molecular formula is C12H26N2O. The van der Waals surface area contributed by atoms with Crippen molar-refractivity contribution in [1.82, 2.24) is 10.6 Å². The normalized spacial score (nSPS) is 11.9. The minimum atomic E-state index is -0.0865. The summed E-state index contributed by atoms with van der Waals surface area (Å²) in [7, 11) is 0. The van der Waals surface area contributed by atoms with Gasteiger partial charge in [-0.15, -0.1) is 0 Å². The average molecular weight is 214 g/mol.